The van der Waals surface area contributed by atoms with E-state index in [4.69, 9.17) is 0 Å². The molecule has 20 heavy (non-hydrogen) atoms. The molecule has 1 saturated carbocycles. The first-order chi connectivity index (χ1) is 9.30. The molecule has 2 rings (SSSR count). The second-order valence-corrected chi connectivity index (χ2v) is 6.89. The van der Waals surface area contributed by atoms with Crippen LogP contribution in [0.3, 0.4) is 0 Å². The van der Waals surface area contributed by atoms with E-state index in [1.807, 2.05) is 13.1 Å². The van der Waals surface area contributed by atoms with Gasteiger partial charge in [-0.2, -0.15) is 0 Å². The quantitative estimate of drug-likeness (QED) is 0.892. The van der Waals surface area contributed by atoms with Crippen molar-refractivity contribution in [2.45, 2.75) is 58.6 Å². The van der Waals surface area contributed by atoms with E-state index < -0.39 is 6.10 Å². The van der Waals surface area contributed by atoms with Crippen LogP contribution in [0.25, 0.3) is 0 Å². The molecule has 112 valence electrons. The molecule has 0 radical (unpaired) electrons. The molecule has 1 atom stereocenters. The van der Waals surface area contributed by atoms with Crippen molar-refractivity contribution in [3.8, 4) is 0 Å². The van der Waals surface area contributed by atoms with Crippen LogP contribution in [0.5, 0.6) is 0 Å². The van der Waals surface area contributed by atoms with Gasteiger partial charge in [0.2, 0.25) is 0 Å². The molecule has 1 aliphatic rings. The van der Waals surface area contributed by atoms with Crippen molar-refractivity contribution >= 4 is 5.69 Å². The standard InChI is InChI=1S/C17H26FNO/c1-12(20)13-5-6-16(15(18)11-13)19(4)14-7-9-17(2,3)10-8-14/h5-6,11-12,14,20H,7-10H2,1-4H3/t12-/m0/s1. The van der Waals surface area contributed by atoms with Crippen LogP contribution in [-0.2, 0) is 0 Å². The van der Waals surface area contributed by atoms with Gasteiger partial charge in [-0.3, -0.25) is 0 Å². The lowest BCUT2D eigenvalue weighted by Gasteiger charge is -2.39. The molecule has 0 aliphatic heterocycles. The van der Waals surface area contributed by atoms with Gasteiger partial charge in [0.05, 0.1) is 11.8 Å². The van der Waals surface area contributed by atoms with Crippen LogP contribution in [-0.4, -0.2) is 18.2 Å². The van der Waals surface area contributed by atoms with Gasteiger partial charge in [-0.05, 0) is 55.7 Å². The number of benzene rings is 1. The summed E-state index contributed by atoms with van der Waals surface area (Å²) in [5.74, 6) is -0.240. The smallest absolute Gasteiger partial charge is 0.146 e. The first kappa shape index (κ1) is 15.3. The number of aliphatic hydroxyl groups is 1. The number of hydrogen-bond donors (Lipinski definition) is 1. The molecule has 3 heteroatoms. The fourth-order valence-corrected chi connectivity index (χ4v) is 3.04. The molecule has 1 fully saturated rings. The molecule has 1 N–H and O–H groups in total. The van der Waals surface area contributed by atoms with Gasteiger partial charge in [-0.1, -0.05) is 19.9 Å². The lowest BCUT2D eigenvalue weighted by Crippen LogP contribution is -2.37. The fourth-order valence-electron chi connectivity index (χ4n) is 3.04. The van der Waals surface area contributed by atoms with Gasteiger partial charge in [0.1, 0.15) is 5.82 Å². The van der Waals surface area contributed by atoms with Gasteiger partial charge in [0.25, 0.3) is 0 Å². The lowest BCUT2D eigenvalue weighted by molar-refractivity contribution is 0.198. The summed E-state index contributed by atoms with van der Waals surface area (Å²) in [6, 6.07) is 5.46. The molecule has 1 aromatic rings. The zero-order valence-electron chi connectivity index (χ0n) is 13.0. The zero-order valence-corrected chi connectivity index (χ0v) is 13.0. The maximum Gasteiger partial charge on any atom is 0.146 e. The maximum absolute atomic E-state index is 14.2. The average Bonchev–Trinajstić information content (AvgIpc) is 2.37. The lowest BCUT2D eigenvalue weighted by atomic mass is 9.75. The number of halogens is 1. The molecule has 0 bridgehead atoms. The van der Waals surface area contributed by atoms with Crippen LogP contribution in [0.4, 0.5) is 10.1 Å². The minimum absolute atomic E-state index is 0.240. The Labute approximate surface area is 121 Å². The fraction of sp³-hybridized carbons (Fsp3) is 0.647. The van der Waals surface area contributed by atoms with Gasteiger partial charge < -0.3 is 10.0 Å². The highest BCUT2D eigenvalue weighted by Gasteiger charge is 2.29. The van der Waals surface area contributed by atoms with Crippen molar-refractivity contribution in [3.63, 3.8) is 0 Å². The van der Waals surface area contributed by atoms with Crippen molar-refractivity contribution in [1.82, 2.24) is 0 Å². The minimum Gasteiger partial charge on any atom is -0.389 e. The van der Waals surface area contributed by atoms with E-state index in [0.717, 1.165) is 12.8 Å². The normalized spacial score (nSPS) is 20.7. The van der Waals surface area contributed by atoms with Crippen LogP contribution < -0.4 is 4.90 Å². The largest absolute Gasteiger partial charge is 0.389 e. The number of hydrogen-bond acceptors (Lipinski definition) is 2. The van der Waals surface area contributed by atoms with E-state index in [2.05, 4.69) is 18.7 Å². The van der Waals surface area contributed by atoms with Crippen LogP contribution >= 0.6 is 0 Å². The van der Waals surface area contributed by atoms with Crippen molar-refractivity contribution < 1.29 is 9.50 Å². The Morgan fingerprint density at radius 1 is 1.30 bits per heavy atom. The summed E-state index contributed by atoms with van der Waals surface area (Å²) in [5, 5.41) is 9.50. The summed E-state index contributed by atoms with van der Waals surface area (Å²) in [6.07, 6.45) is 3.98. The summed E-state index contributed by atoms with van der Waals surface area (Å²) >= 11 is 0. The van der Waals surface area contributed by atoms with Crippen molar-refractivity contribution in [1.29, 1.82) is 0 Å². The number of aliphatic hydroxyl groups excluding tert-OH is 1. The molecule has 1 aromatic carbocycles. The Balaban J connectivity index is 2.12. The van der Waals surface area contributed by atoms with Gasteiger partial charge in [0.15, 0.2) is 0 Å². The van der Waals surface area contributed by atoms with Gasteiger partial charge in [-0.15, -0.1) is 0 Å². The predicted octanol–water partition coefficient (Wildman–Crippen LogP) is 4.28. The summed E-state index contributed by atoms with van der Waals surface area (Å²) in [6.45, 7) is 6.27. The maximum atomic E-state index is 14.2. The van der Waals surface area contributed by atoms with Crippen LogP contribution in [0.2, 0.25) is 0 Å². The Morgan fingerprint density at radius 3 is 2.40 bits per heavy atom. The molecule has 0 saturated heterocycles. The zero-order chi connectivity index (χ0) is 14.9. The highest BCUT2D eigenvalue weighted by Crippen LogP contribution is 2.38. The summed E-state index contributed by atoms with van der Waals surface area (Å²) < 4.78 is 14.2. The van der Waals surface area contributed by atoms with Crippen molar-refractivity contribution in [2.75, 3.05) is 11.9 Å². The molecule has 0 unspecified atom stereocenters. The first-order valence-corrected chi connectivity index (χ1v) is 7.50. The van der Waals surface area contributed by atoms with Gasteiger partial charge in [-0.25, -0.2) is 4.39 Å². The Hall–Kier alpha value is -1.09. The molecule has 0 amide bonds. The molecule has 0 heterocycles. The first-order valence-electron chi connectivity index (χ1n) is 7.50. The van der Waals surface area contributed by atoms with E-state index in [-0.39, 0.29) is 5.82 Å². The van der Waals surface area contributed by atoms with E-state index >= 15 is 0 Å². The topological polar surface area (TPSA) is 23.5 Å². The Bertz CT molecular complexity index is 460. The minimum atomic E-state index is -0.626. The van der Waals surface area contributed by atoms with E-state index in [1.54, 1.807) is 13.0 Å². The van der Waals surface area contributed by atoms with E-state index in [1.165, 1.54) is 18.9 Å². The number of nitrogens with zero attached hydrogens (tertiary/aromatic N) is 1. The third-order valence-electron chi connectivity index (χ3n) is 4.69. The van der Waals surface area contributed by atoms with Gasteiger partial charge >= 0.3 is 0 Å². The highest BCUT2D eigenvalue weighted by molar-refractivity contribution is 5.49. The second-order valence-electron chi connectivity index (χ2n) is 6.89. The number of rotatable bonds is 3. The monoisotopic (exact) mass is 279 g/mol. The van der Waals surface area contributed by atoms with Crippen LogP contribution in [0.1, 0.15) is 58.1 Å². The van der Waals surface area contributed by atoms with E-state index in [9.17, 15) is 9.50 Å². The molecular formula is C17H26FNO. The Kier molecular flexibility index (Phi) is 4.38. The van der Waals surface area contributed by atoms with Crippen LogP contribution in [0.15, 0.2) is 18.2 Å². The predicted molar refractivity (Wildman–Crippen MR) is 81.5 cm³/mol. The SMILES string of the molecule is C[C@H](O)c1ccc(N(C)C2CCC(C)(C)CC2)c(F)c1. The summed E-state index contributed by atoms with van der Waals surface area (Å²) in [4.78, 5) is 2.07. The van der Waals surface area contributed by atoms with E-state index in [0.29, 0.717) is 22.7 Å². The van der Waals surface area contributed by atoms with Crippen LogP contribution in [0, 0.1) is 11.2 Å². The van der Waals surface area contributed by atoms with Gasteiger partial charge in [0, 0.05) is 13.1 Å². The highest BCUT2D eigenvalue weighted by atomic mass is 19.1. The third-order valence-corrected chi connectivity index (χ3v) is 4.69. The molecule has 0 aromatic heterocycles. The summed E-state index contributed by atoms with van der Waals surface area (Å²) in [7, 11) is 1.98. The number of anilines is 1. The van der Waals surface area contributed by atoms with Crippen molar-refractivity contribution in [2.24, 2.45) is 5.41 Å². The molecular weight excluding hydrogens is 253 g/mol. The second kappa shape index (κ2) is 5.72. The summed E-state index contributed by atoms with van der Waals surface area (Å²) in [5.41, 5.74) is 1.69. The average molecular weight is 279 g/mol. The molecule has 0 spiro atoms. The molecule has 2 nitrogen and oxygen atoms in total. The Morgan fingerprint density at radius 2 is 1.90 bits per heavy atom. The van der Waals surface area contributed by atoms with Crippen molar-refractivity contribution in [3.05, 3.63) is 29.6 Å². The molecule has 1 aliphatic carbocycles. The third kappa shape index (κ3) is 3.32.